The van der Waals surface area contributed by atoms with E-state index >= 15 is 0 Å². The van der Waals surface area contributed by atoms with Crippen molar-refractivity contribution in [3.63, 3.8) is 0 Å². The Morgan fingerprint density at radius 1 is 1.19 bits per heavy atom. The van der Waals surface area contributed by atoms with Crippen molar-refractivity contribution in [2.45, 2.75) is 38.2 Å². The number of carbonyl (C=O) groups is 2. The number of aromatic carboxylic acids is 1. The van der Waals surface area contributed by atoms with Gasteiger partial charge >= 0.3 is 13.1 Å². The van der Waals surface area contributed by atoms with Crippen LogP contribution in [0.3, 0.4) is 0 Å². The molecule has 170 valence electrons. The van der Waals surface area contributed by atoms with Crippen molar-refractivity contribution in [1.82, 2.24) is 4.90 Å². The van der Waals surface area contributed by atoms with Gasteiger partial charge in [0.2, 0.25) is 5.91 Å². The van der Waals surface area contributed by atoms with Crippen LogP contribution in [0.4, 0.5) is 0 Å². The average Bonchev–Trinajstić information content (AvgIpc) is 2.70. The van der Waals surface area contributed by atoms with Crippen LogP contribution in [0.2, 0.25) is 6.32 Å². The van der Waals surface area contributed by atoms with E-state index in [-0.39, 0.29) is 43.1 Å². The molecule has 10 heteroatoms. The Bertz CT molecular complexity index is 975. The van der Waals surface area contributed by atoms with Gasteiger partial charge in [-0.25, -0.2) is 4.79 Å². The molecule has 0 aromatic heterocycles. The minimum Gasteiger partial charge on any atom is -0.507 e. The van der Waals surface area contributed by atoms with E-state index in [1.807, 2.05) is 31.2 Å². The van der Waals surface area contributed by atoms with Gasteiger partial charge in [-0.15, -0.1) is 0 Å². The smallest absolute Gasteiger partial charge is 0.451 e. The topological polar surface area (TPSA) is 154 Å². The van der Waals surface area contributed by atoms with Crippen LogP contribution in [0.25, 0.3) is 0 Å². The zero-order valence-corrected chi connectivity index (χ0v) is 17.8. The van der Waals surface area contributed by atoms with Crippen LogP contribution in [0, 0.1) is 6.92 Å². The zero-order chi connectivity index (χ0) is 23.4. The maximum Gasteiger partial charge on any atom is 0.451 e. The highest BCUT2D eigenvalue weighted by Crippen LogP contribution is 2.34. The van der Waals surface area contributed by atoms with Gasteiger partial charge < -0.3 is 35.6 Å². The van der Waals surface area contributed by atoms with E-state index in [0.717, 1.165) is 11.1 Å². The Labute approximate surface area is 186 Å². The van der Waals surface area contributed by atoms with E-state index < -0.39 is 36.5 Å². The van der Waals surface area contributed by atoms with E-state index in [1.165, 1.54) is 12.1 Å². The molecular weight excluding hydrogens is 415 g/mol. The molecule has 0 bridgehead atoms. The lowest BCUT2D eigenvalue weighted by Crippen LogP contribution is -2.60. The first-order valence-electron chi connectivity index (χ1n) is 10.4. The van der Waals surface area contributed by atoms with Crippen molar-refractivity contribution in [3.05, 3.63) is 58.7 Å². The molecule has 1 heterocycles. The SMILES string of the molecule is Cc1ccc(C[C@@H](N)C(=O)N2CC(Oc3ccc(CCB(O)O)c(O)c3C(=O)O)C2)cc1. The molecule has 0 aliphatic carbocycles. The lowest BCUT2D eigenvalue weighted by Gasteiger charge is -2.40. The molecule has 0 saturated carbocycles. The minimum absolute atomic E-state index is 0.00986. The number of hydrogen-bond acceptors (Lipinski definition) is 7. The number of carboxylic acids is 1. The molecule has 0 radical (unpaired) electrons. The lowest BCUT2D eigenvalue weighted by molar-refractivity contribution is -0.141. The quantitative estimate of drug-likeness (QED) is 0.354. The molecule has 1 aliphatic rings. The number of aromatic hydroxyl groups is 1. The molecule has 2 aromatic rings. The van der Waals surface area contributed by atoms with Gasteiger partial charge in [-0.2, -0.15) is 0 Å². The van der Waals surface area contributed by atoms with Crippen molar-refractivity contribution in [2.24, 2.45) is 5.73 Å². The van der Waals surface area contributed by atoms with Gasteiger partial charge in [0.05, 0.1) is 19.1 Å². The molecule has 0 unspecified atom stereocenters. The largest absolute Gasteiger partial charge is 0.507 e. The molecule has 2 aromatic carbocycles. The van der Waals surface area contributed by atoms with Gasteiger partial charge in [-0.1, -0.05) is 35.9 Å². The van der Waals surface area contributed by atoms with E-state index in [4.69, 9.17) is 20.5 Å². The summed E-state index contributed by atoms with van der Waals surface area (Å²) < 4.78 is 5.72. The molecule has 1 atom stereocenters. The summed E-state index contributed by atoms with van der Waals surface area (Å²) in [7, 11) is -1.56. The number of likely N-dealkylation sites (tertiary alicyclic amines) is 1. The first-order chi connectivity index (χ1) is 15.2. The van der Waals surface area contributed by atoms with Gasteiger partial charge in [0.15, 0.2) is 0 Å². The number of aryl methyl sites for hydroxylation is 2. The predicted molar refractivity (Wildman–Crippen MR) is 118 cm³/mol. The van der Waals surface area contributed by atoms with E-state index in [9.17, 15) is 19.8 Å². The van der Waals surface area contributed by atoms with Gasteiger partial charge in [-0.3, -0.25) is 4.79 Å². The fourth-order valence-electron chi connectivity index (χ4n) is 3.58. The number of amides is 1. The summed E-state index contributed by atoms with van der Waals surface area (Å²) in [6.45, 7) is 2.51. The van der Waals surface area contributed by atoms with Crippen molar-refractivity contribution in [2.75, 3.05) is 13.1 Å². The third kappa shape index (κ3) is 5.58. The zero-order valence-electron chi connectivity index (χ0n) is 17.8. The van der Waals surface area contributed by atoms with Crippen molar-refractivity contribution in [1.29, 1.82) is 0 Å². The van der Waals surface area contributed by atoms with Gasteiger partial charge in [0, 0.05) is 0 Å². The predicted octanol–water partition coefficient (Wildman–Crippen LogP) is 0.574. The molecular formula is C22H27BN2O7. The van der Waals surface area contributed by atoms with Crippen molar-refractivity contribution in [3.8, 4) is 11.5 Å². The maximum atomic E-state index is 12.6. The normalized spacial score (nSPS) is 14.6. The highest BCUT2D eigenvalue weighted by Gasteiger charge is 2.35. The summed E-state index contributed by atoms with van der Waals surface area (Å²) in [5.74, 6) is -2.05. The molecule has 1 saturated heterocycles. The van der Waals surface area contributed by atoms with Gasteiger partial charge in [-0.05, 0) is 43.3 Å². The summed E-state index contributed by atoms with van der Waals surface area (Å²) >= 11 is 0. The standard InChI is InChI=1S/C22H27BN2O7/c1-13-2-4-14(5-3-13)10-17(24)21(27)25-11-16(12-25)32-18-7-6-15(8-9-23(30)31)20(26)19(18)22(28)29/h2-7,16-17,26,30-31H,8-12,24H2,1H3,(H,28,29)/t17-/m1/s1. The third-order valence-corrected chi connectivity index (χ3v) is 5.46. The fourth-order valence-corrected chi connectivity index (χ4v) is 3.58. The maximum absolute atomic E-state index is 12.6. The summed E-state index contributed by atoms with van der Waals surface area (Å²) in [6.07, 6.45) is 0.0414. The lowest BCUT2D eigenvalue weighted by atomic mass is 9.82. The Kier molecular flexibility index (Phi) is 7.39. The van der Waals surface area contributed by atoms with Crippen molar-refractivity contribution >= 4 is 19.0 Å². The van der Waals surface area contributed by atoms with E-state index in [1.54, 1.807) is 4.90 Å². The van der Waals surface area contributed by atoms with Crippen LogP contribution < -0.4 is 10.5 Å². The minimum atomic E-state index is -1.56. The number of rotatable bonds is 9. The Balaban J connectivity index is 1.59. The number of phenols is 1. The van der Waals surface area contributed by atoms with Crippen LogP contribution in [0.15, 0.2) is 36.4 Å². The number of carboxylic acid groups (broad SMARTS) is 1. The van der Waals surface area contributed by atoms with Crippen molar-refractivity contribution < 1.29 is 34.6 Å². The third-order valence-electron chi connectivity index (χ3n) is 5.46. The first kappa shape index (κ1) is 23.6. The summed E-state index contributed by atoms with van der Waals surface area (Å²) in [5, 5.41) is 37.8. The summed E-state index contributed by atoms with van der Waals surface area (Å²) in [5.41, 5.74) is 8.05. The number of ether oxygens (including phenoxy) is 1. The molecule has 9 nitrogen and oxygen atoms in total. The van der Waals surface area contributed by atoms with Crippen LogP contribution in [0.5, 0.6) is 11.5 Å². The van der Waals surface area contributed by atoms with Crippen LogP contribution in [-0.4, -0.2) is 69.4 Å². The van der Waals surface area contributed by atoms with E-state index in [2.05, 4.69) is 0 Å². The molecule has 1 aliphatic heterocycles. The molecule has 0 spiro atoms. The average molecular weight is 442 g/mol. The Morgan fingerprint density at radius 2 is 1.84 bits per heavy atom. The number of nitrogens with zero attached hydrogens (tertiary/aromatic N) is 1. The van der Waals surface area contributed by atoms with Crippen LogP contribution in [-0.2, 0) is 17.6 Å². The Morgan fingerprint density at radius 3 is 2.44 bits per heavy atom. The first-order valence-corrected chi connectivity index (χ1v) is 10.4. The van der Waals surface area contributed by atoms with Crippen LogP contribution >= 0.6 is 0 Å². The second kappa shape index (κ2) is 10.0. The van der Waals surface area contributed by atoms with Gasteiger partial charge in [0.25, 0.3) is 0 Å². The monoisotopic (exact) mass is 442 g/mol. The number of carbonyl (C=O) groups excluding carboxylic acids is 1. The highest BCUT2D eigenvalue weighted by molar-refractivity contribution is 6.41. The number of hydrogen-bond donors (Lipinski definition) is 5. The highest BCUT2D eigenvalue weighted by atomic mass is 16.5. The molecule has 32 heavy (non-hydrogen) atoms. The summed E-state index contributed by atoms with van der Waals surface area (Å²) in [6, 6.07) is 10.0. The molecule has 1 fully saturated rings. The van der Waals surface area contributed by atoms with Crippen LogP contribution in [0.1, 0.15) is 27.0 Å². The number of benzene rings is 2. The van der Waals surface area contributed by atoms with E-state index in [0.29, 0.717) is 6.42 Å². The molecule has 3 rings (SSSR count). The second-order valence-corrected chi connectivity index (χ2v) is 8.05. The van der Waals surface area contributed by atoms with Gasteiger partial charge in [0.1, 0.15) is 23.2 Å². The second-order valence-electron chi connectivity index (χ2n) is 8.05. The molecule has 1 amide bonds. The molecule has 6 N–H and O–H groups in total. The Hall–Kier alpha value is -3.08. The number of nitrogens with two attached hydrogens (primary N) is 1. The summed E-state index contributed by atoms with van der Waals surface area (Å²) in [4.78, 5) is 25.8. The fraction of sp³-hybridized carbons (Fsp3) is 0.364.